The van der Waals surface area contributed by atoms with E-state index >= 15 is 0 Å². The molecule has 2 aromatic carbocycles. The van der Waals surface area contributed by atoms with Gasteiger partial charge in [-0.05, 0) is 42.8 Å². The molecule has 0 aliphatic carbocycles. The fourth-order valence-electron chi connectivity index (χ4n) is 3.73. The van der Waals surface area contributed by atoms with Gasteiger partial charge >= 0.3 is 6.18 Å². The Labute approximate surface area is 185 Å². The van der Waals surface area contributed by atoms with Crippen molar-refractivity contribution in [3.63, 3.8) is 0 Å². The van der Waals surface area contributed by atoms with Gasteiger partial charge in [-0.25, -0.2) is 8.42 Å². The van der Waals surface area contributed by atoms with Crippen LogP contribution in [0.15, 0.2) is 51.8 Å². The Hall–Kier alpha value is -1.82. The zero-order valence-corrected chi connectivity index (χ0v) is 18.5. The molecule has 2 aromatic rings. The highest BCUT2D eigenvalue weighted by Gasteiger charge is 2.44. The van der Waals surface area contributed by atoms with Crippen molar-refractivity contribution in [2.75, 3.05) is 30.7 Å². The van der Waals surface area contributed by atoms with Crippen molar-refractivity contribution in [1.29, 1.82) is 0 Å². The first-order valence-electron chi connectivity index (χ1n) is 9.39. The number of sulfonamides is 1. The molecule has 0 unspecified atom stereocenters. The van der Waals surface area contributed by atoms with Gasteiger partial charge < -0.3 is 14.6 Å². The first kappa shape index (κ1) is 22.4. The third-order valence-electron chi connectivity index (χ3n) is 5.41. The summed E-state index contributed by atoms with van der Waals surface area (Å²) >= 11 is 3.30. The lowest BCUT2D eigenvalue weighted by atomic mass is 9.81. The monoisotopic (exact) mass is 521 g/mol. The predicted octanol–water partition coefficient (Wildman–Crippen LogP) is 3.82. The van der Waals surface area contributed by atoms with Crippen molar-refractivity contribution in [1.82, 2.24) is 0 Å². The maximum atomic E-state index is 13.4. The Balaban J connectivity index is 1.74. The second-order valence-corrected chi connectivity index (χ2v) is 10.5. The zero-order valence-electron chi connectivity index (χ0n) is 16.1. The summed E-state index contributed by atoms with van der Waals surface area (Å²) in [5.74, 6) is 0.295. The molecule has 11 heteroatoms. The van der Waals surface area contributed by atoms with E-state index < -0.39 is 38.2 Å². The van der Waals surface area contributed by atoms with Crippen molar-refractivity contribution in [3.8, 4) is 5.75 Å². The lowest BCUT2D eigenvalue weighted by Crippen LogP contribution is -2.52. The largest absolute Gasteiger partial charge is 0.486 e. The minimum Gasteiger partial charge on any atom is -0.486 e. The third-order valence-corrected chi connectivity index (χ3v) is 7.68. The highest BCUT2D eigenvalue weighted by atomic mass is 79.9. The summed E-state index contributed by atoms with van der Waals surface area (Å²) in [5.41, 5.74) is -1.34. The van der Waals surface area contributed by atoms with Gasteiger partial charge in [0.1, 0.15) is 11.9 Å². The summed E-state index contributed by atoms with van der Waals surface area (Å²) in [4.78, 5) is -0.460. The molecule has 0 radical (unpaired) electrons. The van der Waals surface area contributed by atoms with Crippen LogP contribution in [-0.2, 0) is 20.9 Å². The number of anilines is 1. The number of nitrogens with zero attached hydrogens (tertiary/aromatic N) is 1. The molecule has 0 saturated carbocycles. The van der Waals surface area contributed by atoms with Gasteiger partial charge in [-0.2, -0.15) is 13.2 Å². The van der Waals surface area contributed by atoms with Crippen LogP contribution in [0.5, 0.6) is 5.75 Å². The molecule has 1 atom stereocenters. The average Bonchev–Trinajstić information content (AvgIpc) is 2.69. The molecule has 0 amide bonds. The Morgan fingerprint density at radius 2 is 1.94 bits per heavy atom. The van der Waals surface area contributed by atoms with E-state index in [0.717, 1.165) is 22.5 Å². The first-order chi connectivity index (χ1) is 14.5. The molecule has 0 aromatic heterocycles. The van der Waals surface area contributed by atoms with Gasteiger partial charge in [-0.1, -0.05) is 22.0 Å². The number of aliphatic hydroxyl groups is 1. The van der Waals surface area contributed by atoms with Crippen LogP contribution in [0.25, 0.3) is 0 Å². The molecule has 1 N–H and O–H groups in total. The SMILES string of the molecule is O=S(=O)(c1cccc(C(F)(F)F)c1)N1C[C@H](CC2(CO)COC2)Oc2ccc(Br)cc21. The molecule has 1 saturated heterocycles. The van der Waals surface area contributed by atoms with Gasteiger partial charge in [0.15, 0.2) is 0 Å². The molecule has 31 heavy (non-hydrogen) atoms. The van der Waals surface area contributed by atoms with E-state index in [2.05, 4.69) is 15.9 Å². The molecule has 0 spiro atoms. The lowest BCUT2D eigenvalue weighted by Gasteiger charge is -2.44. The van der Waals surface area contributed by atoms with E-state index in [1.807, 2.05) is 0 Å². The summed E-state index contributed by atoms with van der Waals surface area (Å²) in [6.07, 6.45) is -4.93. The minimum atomic E-state index is -4.67. The third kappa shape index (κ3) is 4.28. The quantitative estimate of drug-likeness (QED) is 0.647. The second-order valence-electron chi connectivity index (χ2n) is 7.77. The molecule has 2 heterocycles. The van der Waals surface area contributed by atoms with Crippen LogP contribution in [0, 0.1) is 5.41 Å². The molecule has 6 nitrogen and oxygen atoms in total. The Morgan fingerprint density at radius 3 is 2.55 bits per heavy atom. The number of fused-ring (bicyclic) bond motifs is 1. The van der Waals surface area contributed by atoms with Gasteiger partial charge in [0.25, 0.3) is 10.0 Å². The second kappa shape index (κ2) is 7.95. The fraction of sp³-hybridized carbons (Fsp3) is 0.400. The van der Waals surface area contributed by atoms with Gasteiger partial charge in [0.05, 0.1) is 42.5 Å². The van der Waals surface area contributed by atoms with Crippen molar-refractivity contribution >= 4 is 31.6 Å². The van der Waals surface area contributed by atoms with Crippen LogP contribution in [0.2, 0.25) is 0 Å². The van der Waals surface area contributed by atoms with Gasteiger partial charge in [0.2, 0.25) is 0 Å². The summed E-state index contributed by atoms with van der Waals surface area (Å²) in [5, 5.41) is 9.73. The van der Waals surface area contributed by atoms with Crippen molar-refractivity contribution in [2.45, 2.75) is 23.6 Å². The summed E-state index contributed by atoms with van der Waals surface area (Å²) in [6.45, 7) is 0.415. The van der Waals surface area contributed by atoms with Crippen LogP contribution in [0.4, 0.5) is 18.9 Å². The Kier molecular flexibility index (Phi) is 5.74. The fourth-order valence-corrected chi connectivity index (χ4v) is 5.62. The van der Waals surface area contributed by atoms with Gasteiger partial charge in [0, 0.05) is 9.89 Å². The molecular weight excluding hydrogens is 503 g/mol. The number of alkyl halides is 3. The number of aliphatic hydroxyl groups excluding tert-OH is 1. The number of halogens is 4. The van der Waals surface area contributed by atoms with Gasteiger partial charge in [-0.3, -0.25) is 4.31 Å². The zero-order chi connectivity index (χ0) is 22.4. The standard InChI is InChI=1S/C20H19BrF3NO5S/c21-14-4-5-18-17(7-14)25(9-15(30-18)8-19(10-26)11-29-12-19)31(27,28)16-3-1-2-13(6-16)20(22,23)24/h1-7,15,26H,8-12H2/t15-/m0/s1. The average molecular weight is 522 g/mol. The molecule has 4 rings (SSSR count). The first-order valence-corrected chi connectivity index (χ1v) is 11.6. The van der Waals surface area contributed by atoms with Crippen molar-refractivity contribution < 1.29 is 36.2 Å². The van der Waals surface area contributed by atoms with Crippen LogP contribution in [-0.4, -0.2) is 46.0 Å². The van der Waals surface area contributed by atoms with E-state index in [-0.39, 0.29) is 18.8 Å². The maximum absolute atomic E-state index is 13.4. The van der Waals surface area contributed by atoms with E-state index in [0.29, 0.717) is 35.9 Å². The smallest absolute Gasteiger partial charge is 0.416 e. The van der Waals surface area contributed by atoms with Crippen molar-refractivity contribution in [3.05, 3.63) is 52.5 Å². The summed E-state index contributed by atoms with van der Waals surface area (Å²) < 4.78 is 79.1. The molecule has 2 aliphatic rings. The number of hydrogen-bond donors (Lipinski definition) is 1. The van der Waals surface area contributed by atoms with Crippen molar-refractivity contribution in [2.24, 2.45) is 5.41 Å². The van der Waals surface area contributed by atoms with Gasteiger partial charge in [-0.15, -0.1) is 0 Å². The summed E-state index contributed by atoms with van der Waals surface area (Å²) in [7, 11) is -4.32. The van der Waals surface area contributed by atoms with Crippen LogP contribution < -0.4 is 9.04 Å². The highest BCUT2D eigenvalue weighted by molar-refractivity contribution is 9.10. The number of rotatable bonds is 5. The maximum Gasteiger partial charge on any atom is 0.416 e. The minimum absolute atomic E-state index is 0.107. The Bertz CT molecular complexity index is 1080. The summed E-state index contributed by atoms with van der Waals surface area (Å²) in [6, 6.07) is 8.50. The Morgan fingerprint density at radius 1 is 1.19 bits per heavy atom. The van der Waals surface area contributed by atoms with Crippen LogP contribution in [0.3, 0.4) is 0 Å². The molecule has 0 bridgehead atoms. The molecule has 1 fully saturated rings. The number of hydrogen-bond acceptors (Lipinski definition) is 5. The predicted molar refractivity (Wildman–Crippen MR) is 109 cm³/mol. The number of ether oxygens (including phenoxy) is 2. The highest BCUT2D eigenvalue weighted by Crippen LogP contribution is 2.42. The van der Waals surface area contributed by atoms with E-state index in [1.54, 1.807) is 18.2 Å². The molecule has 168 valence electrons. The molecule has 2 aliphatic heterocycles. The van der Waals surface area contributed by atoms with E-state index in [4.69, 9.17) is 9.47 Å². The van der Waals surface area contributed by atoms with Crippen LogP contribution >= 0.6 is 15.9 Å². The topological polar surface area (TPSA) is 76.1 Å². The normalized spacial score (nSPS) is 20.5. The van der Waals surface area contributed by atoms with E-state index in [1.165, 1.54) is 0 Å². The lowest BCUT2D eigenvalue weighted by molar-refractivity contribution is -0.151. The van der Waals surface area contributed by atoms with Crippen LogP contribution in [0.1, 0.15) is 12.0 Å². The van der Waals surface area contributed by atoms with E-state index in [9.17, 15) is 26.7 Å². The molecular formula is C20H19BrF3NO5S. The number of benzene rings is 2.